The van der Waals surface area contributed by atoms with Crippen LogP contribution in [0.3, 0.4) is 0 Å². The number of amides is 2. The number of nitrogens with one attached hydrogen (secondary N) is 2. The number of hydrogen-bond acceptors (Lipinski definition) is 10. The van der Waals surface area contributed by atoms with E-state index in [1.807, 2.05) is 59.1 Å². The average molecular weight is 840 g/mol. The highest BCUT2D eigenvalue weighted by molar-refractivity contribution is 6.32. The van der Waals surface area contributed by atoms with Crippen LogP contribution < -0.4 is 25.0 Å². The molecule has 2 unspecified atom stereocenters. The number of urea groups is 1. The molecule has 4 aliphatic rings. The van der Waals surface area contributed by atoms with Crippen LogP contribution in [0.2, 0.25) is 5.02 Å². The third kappa shape index (κ3) is 9.03. The van der Waals surface area contributed by atoms with E-state index in [1.165, 1.54) is 19.3 Å². The number of carbonyl (C=O) groups is 2. The van der Waals surface area contributed by atoms with Crippen molar-refractivity contribution in [2.75, 3.05) is 49.7 Å². The Bertz CT molecular complexity index is 2270. The van der Waals surface area contributed by atoms with Gasteiger partial charge in [-0.15, -0.1) is 10.2 Å². The molecule has 0 saturated carbocycles. The van der Waals surface area contributed by atoms with Crippen molar-refractivity contribution >= 4 is 41.5 Å². The first-order valence-corrected chi connectivity index (χ1v) is 21.3. The maximum Gasteiger partial charge on any atom is 0.320 e. The number of carboxylic acid groups (broad SMARTS) is 1. The van der Waals surface area contributed by atoms with E-state index in [0.717, 1.165) is 92.0 Å². The Balaban J connectivity index is 0.00000162. The van der Waals surface area contributed by atoms with Gasteiger partial charge in [0.05, 0.1) is 41.9 Å². The number of pyridine rings is 1. The molecule has 2 aromatic carbocycles. The molecule has 3 aromatic heterocycles. The van der Waals surface area contributed by atoms with Crippen LogP contribution in [-0.2, 0) is 14.9 Å². The predicted molar refractivity (Wildman–Crippen MR) is 229 cm³/mol. The van der Waals surface area contributed by atoms with Gasteiger partial charge in [-0.3, -0.25) is 19.4 Å². The molecule has 5 aromatic rings. The summed E-state index contributed by atoms with van der Waals surface area (Å²) in [5, 5.41) is 27.7. The second kappa shape index (κ2) is 18.1. The number of morpholine rings is 1. The molecule has 4 atom stereocenters. The maximum absolute atomic E-state index is 13.9. The Labute approximate surface area is 354 Å². The summed E-state index contributed by atoms with van der Waals surface area (Å²) in [4.78, 5) is 27.0. The first kappa shape index (κ1) is 41.4. The van der Waals surface area contributed by atoms with E-state index < -0.39 is 0 Å². The highest BCUT2D eigenvalue weighted by Crippen LogP contribution is 2.39. The maximum atomic E-state index is 13.9. The summed E-state index contributed by atoms with van der Waals surface area (Å²) in [5.41, 5.74) is 4.22. The number of carbonyl (C=O) groups excluding carboxylic acids is 1. The minimum atomic E-state index is -0.315. The molecule has 2 bridgehead atoms. The number of ether oxygens (including phenoxy) is 3. The number of piperidine rings is 1. The number of nitrogens with zero attached hydrogens (tertiary/aromatic N) is 7. The summed E-state index contributed by atoms with van der Waals surface area (Å²) < 4.78 is 22.5. The number of benzene rings is 2. The van der Waals surface area contributed by atoms with Gasteiger partial charge < -0.3 is 29.5 Å². The first-order valence-electron chi connectivity index (χ1n) is 21.0. The van der Waals surface area contributed by atoms with E-state index in [1.54, 1.807) is 4.68 Å². The van der Waals surface area contributed by atoms with E-state index in [2.05, 4.69) is 63.5 Å². The van der Waals surface area contributed by atoms with Crippen molar-refractivity contribution in [1.29, 1.82) is 0 Å². The van der Waals surface area contributed by atoms with Gasteiger partial charge in [0.2, 0.25) is 5.95 Å². The molecular formula is C44H54ClN9O6. The van der Waals surface area contributed by atoms with E-state index in [0.29, 0.717) is 41.7 Å². The molecule has 3 aliphatic heterocycles. The first-order chi connectivity index (χ1) is 29.1. The van der Waals surface area contributed by atoms with Gasteiger partial charge in [-0.05, 0) is 80.3 Å². The van der Waals surface area contributed by atoms with Gasteiger partial charge in [0.15, 0.2) is 5.65 Å². The van der Waals surface area contributed by atoms with E-state index in [9.17, 15) is 4.79 Å². The average Bonchev–Trinajstić information content (AvgIpc) is 3.92. The van der Waals surface area contributed by atoms with Crippen molar-refractivity contribution in [2.45, 2.75) is 95.4 Å². The molecule has 6 heterocycles. The zero-order chi connectivity index (χ0) is 41.8. The smallest absolute Gasteiger partial charge is 0.320 e. The van der Waals surface area contributed by atoms with Gasteiger partial charge in [0, 0.05) is 49.3 Å². The summed E-state index contributed by atoms with van der Waals surface area (Å²) in [6, 6.07) is 20.1. The van der Waals surface area contributed by atoms with E-state index in [4.69, 9.17) is 40.8 Å². The minimum Gasteiger partial charge on any atom is -0.491 e. The standard InChI is InChI=1S/C43H52ClN9O4.CH2O2/c1-43(2,3)38-24-40(53(49-38)28-13-15-34(44)37(23-28)56-22-21-51-29-11-12-30(51)27-55-26-29)46-41(54)45-35-16-17-36(33-10-6-5-9-32(33)35)57-31-14-18-39-47-48-42(52(39)25-31)50-19-7-4-8-20-50;2-1-3/h5-6,9-10,13-15,18,23-25,29-30,35-36H,4,7-8,11-12,16-17,19-22,26-27H2,1-3H3,(H2,45,46,54);1H,(H,2,3)/t29?,30?,35-,36+;/m0./s1. The molecule has 15 nitrogen and oxygen atoms in total. The number of fused-ring (bicyclic) bond motifs is 4. The van der Waals surface area contributed by atoms with Crippen molar-refractivity contribution in [3.05, 3.63) is 88.7 Å². The van der Waals surface area contributed by atoms with Crippen LogP contribution in [0.1, 0.15) is 94.7 Å². The SMILES string of the molecule is CC(C)(C)c1cc(NC(=O)N[C@H]2CC[C@@H](Oc3ccc4nnc(N5CCCCC5)n4c3)c3ccccc32)n(-c2ccc(Cl)c(OCCN3C4CCC3COC4)c2)n1.O=CO. The van der Waals surface area contributed by atoms with Crippen molar-refractivity contribution in [1.82, 2.24) is 34.6 Å². The number of halogens is 1. The largest absolute Gasteiger partial charge is 0.491 e. The number of aromatic nitrogens is 5. The second-order valence-electron chi connectivity index (χ2n) is 16.9. The molecule has 3 saturated heterocycles. The van der Waals surface area contributed by atoms with Crippen molar-refractivity contribution < 1.29 is 28.9 Å². The van der Waals surface area contributed by atoms with Gasteiger partial charge in [-0.25, -0.2) is 9.48 Å². The lowest BCUT2D eigenvalue weighted by atomic mass is 9.85. The Morgan fingerprint density at radius 2 is 1.72 bits per heavy atom. The van der Waals surface area contributed by atoms with Gasteiger partial charge in [-0.1, -0.05) is 56.6 Å². The van der Waals surface area contributed by atoms with Crippen LogP contribution in [0.4, 0.5) is 16.6 Å². The topological polar surface area (TPSA) is 161 Å². The highest BCUT2D eigenvalue weighted by Gasteiger charge is 2.37. The van der Waals surface area contributed by atoms with E-state index >= 15 is 0 Å². The number of anilines is 2. The summed E-state index contributed by atoms with van der Waals surface area (Å²) in [6.07, 6.45) is 9.18. The second-order valence-corrected chi connectivity index (χ2v) is 17.3. The fourth-order valence-electron chi connectivity index (χ4n) is 8.84. The summed E-state index contributed by atoms with van der Waals surface area (Å²) in [6.45, 7) is 10.9. The van der Waals surface area contributed by atoms with Crippen LogP contribution in [0.15, 0.2) is 66.9 Å². The highest BCUT2D eigenvalue weighted by atomic mass is 35.5. The quantitative estimate of drug-likeness (QED) is 0.119. The fourth-order valence-corrected chi connectivity index (χ4v) is 9.02. The van der Waals surface area contributed by atoms with Crippen molar-refractivity contribution in [2.24, 2.45) is 0 Å². The minimum absolute atomic E-state index is 0.171. The number of hydrogen-bond donors (Lipinski definition) is 3. The zero-order valence-corrected chi connectivity index (χ0v) is 35.2. The molecule has 1 aliphatic carbocycles. The van der Waals surface area contributed by atoms with Crippen molar-refractivity contribution in [3.63, 3.8) is 0 Å². The molecule has 2 amide bonds. The Hall–Kier alpha value is -5.38. The molecule has 0 spiro atoms. The van der Waals surface area contributed by atoms with Crippen LogP contribution in [-0.4, -0.2) is 98.4 Å². The third-order valence-corrected chi connectivity index (χ3v) is 12.2. The lowest BCUT2D eigenvalue weighted by Crippen LogP contribution is -2.47. The van der Waals surface area contributed by atoms with Crippen molar-refractivity contribution in [3.8, 4) is 17.2 Å². The summed E-state index contributed by atoms with van der Waals surface area (Å²) in [5.74, 6) is 2.75. The molecule has 3 fully saturated rings. The van der Waals surface area contributed by atoms with Gasteiger partial charge in [-0.2, -0.15) is 5.10 Å². The van der Waals surface area contributed by atoms with Gasteiger partial charge in [0.1, 0.15) is 30.0 Å². The molecular weight excluding hydrogens is 786 g/mol. The normalized spacial score (nSPS) is 21.4. The van der Waals surface area contributed by atoms with E-state index in [-0.39, 0.29) is 30.1 Å². The Morgan fingerprint density at radius 3 is 2.47 bits per heavy atom. The van der Waals surface area contributed by atoms with Gasteiger partial charge in [0.25, 0.3) is 6.47 Å². The number of rotatable bonds is 10. The lowest BCUT2D eigenvalue weighted by Gasteiger charge is -2.34. The lowest BCUT2D eigenvalue weighted by molar-refractivity contribution is -0.122. The molecule has 60 heavy (non-hydrogen) atoms. The van der Waals surface area contributed by atoms with Gasteiger partial charge >= 0.3 is 6.03 Å². The van der Waals surface area contributed by atoms with Crippen LogP contribution in [0.5, 0.6) is 11.5 Å². The fraction of sp³-hybridized carbons (Fsp3) is 0.477. The summed E-state index contributed by atoms with van der Waals surface area (Å²) in [7, 11) is 0. The molecule has 3 N–H and O–H groups in total. The molecule has 0 radical (unpaired) electrons. The summed E-state index contributed by atoms with van der Waals surface area (Å²) >= 11 is 6.65. The Morgan fingerprint density at radius 1 is 0.967 bits per heavy atom. The molecule has 16 heteroatoms. The van der Waals surface area contributed by atoms with Crippen LogP contribution in [0, 0.1) is 0 Å². The Kier molecular flexibility index (Phi) is 12.5. The predicted octanol–water partition coefficient (Wildman–Crippen LogP) is 7.58. The monoisotopic (exact) mass is 839 g/mol. The third-order valence-electron chi connectivity index (χ3n) is 11.9. The van der Waals surface area contributed by atoms with Crippen LogP contribution in [0.25, 0.3) is 11.3 Å². The zero-order valence-electron chi connectivity index (χ0n) is 34.4. The van der Waals surface area contributed by atoms with Crippen LogP contribution >= 0.6 is 11.6 Å². The molecule has 318 valence electrons. The molecule has 9 rings (SSSR count).